The van der Waals surface area contributed by atoms with Crippen molar-refractivity contribution in [2.75, 3.05) is 6.54 Å². The maximum atomic E-state index is 11.5. The van der Waals surface area contributed by atoms with Crippen LogP contribution in [0, 0.1) is 0 Å². The molecule has 4 heteroatoms. The second-order valence-corrected chi connectivity index (χ2v) is 3.63. The number of amides is 1. The molecule has 0 saturated carbocycles. The summed E-state index contributed by atoms with van der Waals surface area (Å²) in [6, 6.07) is 3.67. The van der Waals surface area contributed by atoms with Crippen molar-refractivity contribution in [2.24, 2.45) is 0 Å². The molecule has 0 N–H and O–H groups in total. The molecule has 0 spiro atoms. The smallest absolute Gasteiger partial charge is 0.290 e. The Morgan fingerprint density at radius 1 is 1.47 bits per heavy atom. The van der Waals surface area contributed by atoms with Gasteiger partial charge < -0.3 is 4.90 Å². The van der Waals surface area contributed by atoms with Crippen LogP contribution in [0.5, 0.6) is 0 Å². The molecule has 1 aromatic rings. The SMILES string of the molecule is CC(c1cccnc1)N1CCC(=O)C1=O. The lowest BCUT2D eigenvalue weighted by Gasteiger charge is -2.23. The van der Waals surface area contributed by atoms with E-state index in [0.717, 1.165) is 5.56 Å². The molecule has 0 bridgehead atoms. The van der Waals surface area contributed by atoms with Gasteiger partial charge in [0.25, 0.3) is 5.91 Å². The van der Waals surface area contributed by atoms with Gasteiger partial charge in [-0.3, -0.25) is 14.6 Å². The topological polar surface area (TPSA) is 50.3 Å². The van der Waals surface area contributed by atoms with Gasteiger partial charge in [0.15, 0.2) is 0 Å². The lowest BCUT2D eigenvalue weighted by atomic mass is 10.1. The first-order valence-corrected chi connectivity index (χ1v) is 4.94. The number of pyridine rings is 1. The lowest BCUT2D eigenvalue weighted by Crippen LogP contribution is -2.30. The molecule has 2 heterocycles. The van der Waals surface area contributed by atoms with Crippen molar-refractivity contribution < 1.29 is 9.59 Å². The first-order valence-electron chi connectivity index (χ1n) is 4.94. The maximum Gasteiger partial charge on any atom is 0.290 e. The molecular weight excluding hydrogens is 192 g/mol. The fourth-order valence-corrected chi connectivity index (χ4v) is 1.76. The summed E-state index contributed by atoms with van der Waals surface area (Å²) in [5.74, 6) is -0.655. The minimum absolute atomic E-state index is 0.0716. The third-order valence-electron chi connectivity index (χ3n) is 2.71. The van der Waals surface area contributed by atoms with Gasteiger partial charge in [0.05, 0.1) is 6.04 Å². The van der Waals surface area contributed by atoms with Crippen LogP contribution in [0.3, 0.4) is 0 Å². The molecule has 78 valence electrons. The summed E-state index contributed by atoms with van der Waals surface area (Å²) in [5.41, 5.74) is 0.959. The van der Waals surface area contributed by atoms with Crippen molar-refractivity contribution in [2.45, 2.75) is 19.4 Å². The summed E-state index contributed by atoms with van der Waals surface area (Å²) >= 11 is 0. The average molecular weight is 204 g/mol. The van der Waals surface area contributed by atoms with Crippen LogP contribution in [0.15, 0.2) is 24.5 Å². The molecule has 1 aromatic heterocycles. The number of rotatable bonds is 2. The highest BCUT2D eigenvalue weighted by molar-refractivity contribution is 6.37. The highest BCUT2D eigenvalue weighted by Gasteiger charge is 2.32. The molecule has 2 rings (SSSR count). The normalized spacial score (nSPS) is 18.3. The molecule has 4 nitrogen and oxygen atoms in total. The molecule has 1 atom stereocenters. The number of carbonyl (C=O) groups excluding carboxylic acids is 2. The minimum Gasteiger partial charge on any atom is -0.329 e. The Balaban J connectivity index is 2.19. The minimum atomic E-state index is -0.369. The quantitative estimate of drug-likeness (QED) is 0.674. The van der Waals surface area contributed by atoms with Gasteiger partial charge in [-0.25, -0.2) is 0 Å². The molecule has 0 aliphatic carbocycles. The van der Waals surface area contributed by atoms with E-state index in [-0.39, 0.29) is 17.7 Å². The molecule has 1 unspecified atom stereocenters. The Labute approximate surface area is 87.9 Å². The summed E-state index contributed by atoms with van der Waals surface area (Å²) in [5, 5.41) is 0. The van der Waals surface area contributed by atoms with Gasteiger partial charge in [-0.1, -0.05) is 6.07 Å². The van der Waals surface area contributed by atoms with Crippen LogP contribution in [0.1, 0.15) is 24.9 Å². The van der Waals surface area contributed by atoms with E-state index in [0.29, 0.717) is 13.0 Å². The summed E-state index contributed by atoms with van der Waals surface area (Å²) < 4.78 is 0. The number of hydrogen-bond acceptors (Lipinski definition) is 3. The van der Waals surface area contributed by atoms with Gasteiger partial charge in [0, 0.05) is 25.4 Å². The van der Waals surface area contributed by atoms with E-state index in [1.807, 2.05) is 19.1 Å². The zero-order chi connectivity index (χ0) is 10.8. The van der Waals surface area contributed by atoms with Gasteiger partial charge in [0.1, 0.15) is 0 Å². The van der Waals surface area contributed by atoms with Crippen molar-refractivity contribution in [1.82, 2.24) is 9.88 Å². The van der Waals surface area contributed by atoms with Crippen LogP contribution < -0.4 is 0 Å². The molecule has 0 radical (unpaired) electrons. The molecule has 15 heavy (non-hydrogen) atoms. The fourth-order valence-electron chi connectivity index (χ4n) is 1.76. The molecule has 1 aliphatic rings. The first-order chi connectivity index (χ1) is 7.20. The lowest BCUT2D eigenvalue weighted by molar-refractivity contribution is -0.141. The molecule has 0 aromatic carbocycles. The number of Topliss-reactive ketones (excluding diaryl/α,β-unsaturated/α-hetero) is 1. The van der Waals surface area contributed by atoms with Crippen molar-refractivity contribution >= 4 is 11.7 Å². The van der Waals surface area contributed by atoms with E-state index in [9.17, 15) is 9.59 Å². The molecule has 1 amide bonds. The zero-order valence-corrected chi connectivity index (χ0v) is 8.51. The van der Waals surface area contributed by atoms with E-state index in [2.05, 4.69) is 4.98 Å². The van der Waals surface area contributed by atoms with E-state index in [4.69, 9.17) is 0 Å². The summed E-state index contributed by atoms with van der Waals surface area (Å²) in [6.45, 7) is 2.43. The van der Waals surface area contributed by atoms with Crippen molar-refractivity contribution in [3.8, 4) is 0 Å². The third kappa shape index (κ3) is 1.75. The Kier molecular flexibility index (Phi) is 2.49. The van der Waals surface area contributed by atoms with Crippen LogP contribution in [0.4, 0.5) is 0 Å². The van der Waals surface area contributed by atoms with Gasteiger partial charge in [0.2, 0.25) is 5.78 Å². The molecule has 1 fully saturated rings. The Hall–Kier alpha value is -1.71. The third-order valence-corrected chi connectivity index (χ3v) is 2.71. The number of nitrogens with zero attached hydrogens (tertiary/aromatic N) is 2. The Bertz CT molecular complexity index is 389. The summed E-state index contributed by atoms with van der Waals surface area (Å²) in [4.78, 5) is 28.2. The van der Waals surface area contributed by atoms with Crippen LogP contribution in [-0.4, -0.2) is 28.1 Å². The standard InChI is InChI=1S/C11H12N2O2/c1-8(9-3-2-5-12-7-9)13-6-4-10(14)11(13)15/h2-3,5,7-8H,4,6H2,1H3. The van der Waals surface area contributed by atoms with Crippen molar-refractivity contribution in [1.29, 1.82) is 0 Å². The van der Waals surface area contributed by atoms with Crippen molar-refractivity contribution in [3.05, 3.63) is 30.1 Å². The maximum absolute atomic E-state index is 11.5. The number of aromatic nitrogens is 1. The second-order valence-electron chi connectivity index (χ2n) is 3.63. The number of ketones is 1. The van der Waals surface area contributed by atoms with E-state index >= 15 is 0 Å². The number of hydrogen-bond donors (Lipinski definition) is 0. The Morgan fingerprint density at radius 2 is 2.27 bits per heavy atom. The van der Waals surface area contributed by atoms with E-state index in [1.165, 1.54) is 0 Å². The monoisotopic (exact) mass is 204 g/mol. The van der Waals surface area contributed by atoms with Crippen LogP contribution >= 0.6 is 0 Å². The highest BCUT2D eigenvalue weighted by Crippen LogP contribution is 2.23. The van der Waals surface area contributed by atoms with Crippen LogP contribution in [-0.2, 0) is 9.59 Å². The predicted molar refractivity (Wildman–Crippen MR) is 54.0 cm³/mol. The van der Waals surface area contributed by atoms with Crippen LogP contribution in [0.25, 0.3) is 0 Å². The molecule has 1 aliphatic heterocycles. The van der Waals surface area contributed by atoms with Crippen LogP contribution in [0.2, 0.25) is 0 Å². The largest absolute Gasteiger partial charge is 0.329 e. The number of likely N-dealkylation sites (tertiary alicyclic amines) is 1. The average Bonchev–Trinajstić information content (AvgIpc) is 2.60. The second kappa shape index (κ2) is 3.81. The van der Waals surface area contributed by atoms with Gasteiger partial charge in [-0.05, 0) is 18.6 Å². The van der Waals surface area contributed by atoms with Gasteiger partial charge in [-0.2, -0.15) is 0 Å². The van der Waals surface area contributed by atoms with E-state index in [1.54, 1.807) is 17.3 Å². The Morgan fingerprint density at radius 3 is 2.80 bits per heavy atom. The molecular formula is C11H12N2O2. The molecule has 1 saturated heterocycles. The highest BCUT2D eigenvalue weighted by atomic mass is 16.2. The summed E-state index contributed by atoms with van der Waals surface area (Å²) in [7, 11) is 0. The van der Waals surface area contributed by atoms with E-state index < -0.39 is 0 Å². The number of carbonyl (C=O) groups is 2. The van der Waals surface area contributed by atoms with Crippen molar-refractivity contribution in [3.63, 3.8) is 0 Å². The zero-order valence-electron chi connectivity index (χ0n) is 8.51. The van der Waals surface area contributed by atoms with Gasteiger partial charge in [-0.15, -0.1) is 0 Å². The first kappa shape index (κ1) is 9.83. The predicted octanol–water partition coefficient (Wildman–Crippen LogP) is 0.944. The fraction of sp³-hybridized carbons (Fsp3) is 0.364. The van der Waals surface area contributed by atoms with Gasteiger partial charge >= 0.3 is 0 Å². The summed E-state index contributed by atoms with van der Waals surface area (Å²) in [6.07, 6.45) is 3.75.